The fourth-order valence-corrected chi connectivity index (χ4v) is 0.942. The maximum Gasteiger partial charge on any atom is 0.115 e. The molecule has 0 spiro atoms. The van der Waals surface area contributed by atoms with E-state index in [-0.39, 0.29) is 0 Å². The van der Waals surface area contributed by atoms with Crippen LogP contribution in [0.25, 0.3) is 0 Å². The van der Waals surface area contributed by atoms with Gasteiger partial charge in [-0.05, 0) is 18.6 Å². The maximum absolute atomic E-state index is 5.48. The quantitative estimate of drug-likeness (QED) is 0.574. The van der Waals surface area contributed by atoms with Crippen LogP contribution in [0.15, 0.2) is 24.0 Å². The van der Waals surface area contributed by atoms with Gasteiger partial charge in [0.05, 0.1) is 6.61 Å². The Morgan fingerprint density at radius 3 is 3.20 bits per heavy atom. The third kappa shape index (κ3) is 2.44. The van der Waals surface area contributed by atoms with Crippen molar-refractivity contribution in [1.82, 2.24) is 0 Å². The molecule has 0 radical (unpaired) electrons. The van der Waals surface area contributed by atoms with Crippen LogP contribution >= 0.6 is 11.6 Å². The topological polar surface area (TPSA) is 9.23 Å². The van der Waals surface area contributed by atoms with Crippen LogP contribution in [0.4, 0.5) is 0 Å². The van der Waals surface area contributed by atoms with E-state index in [2.05, 4.69) is 6.08 Å². The smallest absolute Gasteiger partial charge is 0.115 e. The van der Waals surface area contributed by atoms with Crippen LogP contribution in [-0.2, 0) is 4.74 Å². The number of rotatable bonds is 3. The SMILES string of the molecule is ClCC/C=C/C1=CCCO1. The van der Waals surface area contributed by atoms with Crippen molar-refractivity contribution < 1.29 is 4.74 Å². The first kappa shape index (κ1) is 7.67. The highest BCUT2D eigenvalue weighted by atomic mass is 35.5. The molecule has 56 valence electrons. The van der Waals surface area contributed by atoms with Gasteiger partial charge in [-0.1, -0.05) is 6.08 Å². The van der Waals surface area contributed by atoms with Crippen molar-refractivity contribution in [3.8, 4) is 0 Å². The summed E-state index contributed by atoms with van der Waals surface area (Å²) in [5.41, 5.74) is 0. The lowest BCUT2D eigenvalue weighted by Crippen LogP contribution is -1.79. The van der Waals surface area contributed by atoms with Gasteiger partial charge in [0.1, 0.15) is 5.76 Å². The molecule has 1 rings (SSSR count). The lowest BCUT2D eigenvalue weighted by Gasteiger charge is -1.94. The van der Waals surface area contributed by atoms with E-state index in [0.29, 0.717) is 5.88 Å². The van der Waals surface area contributed by atoms with Gasteiger partial charge in [-0.25, -0.2) is 0 Å². The number of alkyl halides is 1. The van der Waals surface area contributed by atoms with Gasteiger partial charge in [0.2, 0.25) is 0 Å². The zero-order chi connectivity index (χ0) is 7.23. The Labute approximate surface area is 66.3 Å². The summed E-state index contributed by atoms with van der Waals surface area (Å²) in [5.74, 6) is 1.68. The van der Waals surface area contributed by atoms with Crippen molar-refractivity contribution in [3.05, 3.63) is 24.0 Å². The first-order valence-electron chi connectivity index (χ1n) is 3.49. The molecule has 0 amide bonds. The van der Waals surface area contributed by atoms with Crippen LogP contribution in [0.3, 0.4) is 0 Å². The summed E-state index contributed by atoms with van der Waals surface area (Å²) in [4.78, 5) is 0. The van der Waals surface area contributed by atoms with E-state index in [9.17, 15) is 0 Å². The van der Waals surface area contributed by atoms with Crippen LogP contribution in [0.5, 0.6) is 0 Å². The van der Waals surface area contributed by atoms with E-state index >= 15 is 0 Å². The van der Waals surface area contributed by atoms with Gasteiger partial charge in [-0.15, -0.1) is 11.6 Å². The van der Waals surface area contributed by atoms with Crippen molar-refractivity contribution >= 4 is 11.6 Å². The van der Waals surface area contributed by atoms with Crippen molar-refractivity contribution in [2.75, 3.05) is 12.5 Å². The summed E-state index contributed by atoms with van der Waals surface area (Å²) in [6.45, 7) is 0.834. The average Bonchev–Trinajstić information content (AvgIpc) is 2.41. The molecular weight excluding hydrogens is 148 g/mol. The number of hydrogen-bond acceptors (Lipinski definition) is 1. The van der Waals surface area contributed by atoms with Gasteiger partial charge in [0.25, 0.3) is 0 Å². The van der Waals surface area contributed by atoms with Gasteiger partial charge in [-0.3, -0.25) is 0 Å². The van der Waals surface area contributed by atoms with Crippen LogP contribution in [0.2, 0.25) is 0 Å². The second kappa shape index (κ2) is 4.40. The highest BCUT2D eigenvalue weighted by Gasteiger charge is 1.98. The van der Waals surface area contributed by atoms with E-state index < -0.39 is 0 Å². The van der Waals surface area contributed by atoms with Gasteiger partial charge in [0.15, 0.2) is 0 Å². The van der Waals surface area contributed by atoms with Gasteiger partial charge < -0.3 is 4.74 Å². The molecule has 1 heterocycles. The van der Waals surface area contributed by atoms with Crippen molar-refractivity contribution in [2.45, 2.75) is 12.8 Å². The third-order valence-corrected chi connectivity index (χ3v) is 1.51. The molecule has 0 saturated heterocycles. The molecule has 0 fully saturated rings. The molecule has 0 atom stereocenters. The van der Waals surface area contributed by atoms with Crippen molar-refractivity contribution in [3.63, 3.8) is 0 Å². The lowest BCUT2D eigenvalue weighted by atomic mass is 10.3. The zero-order valence-electron chi connectivity index (χ0n) is 5.85. The number of halogens is 1. The van der Waals surface area contributed by atoms with Crippen LogP contribution in [-0.4, -0.2) is 12.5 Å². The summed E-state index contributed by atoms with van der Waals surface area (Å²) in [5, 5.41) is 0. The molecular formula is C8H11ClO. The molecule has 1 aliphatic rings. The van der Waals surface area contributed by atoms with Gasteiger partial charge >= 0.3 is 0 Å². The minimum Gasteiger partial charge on any atom is -0.494 e. The lowest BCUT2D eigenvalue weighted by molar-refractivity contribution is 0.257. The molecule has 2 heteroatoms. The van der Waals surface area contributed by atoms with Gasteiger partial charge in [-0.2, -0.15) is 0 Å². The maximum atomic E-state index is 5.48. The zero-order valence-corrected chi connectivity index (χ0v) is 6.60. The van der Waals surface area contributed by atoms with Gasteiger partial charge in [0, 0.05) is 12.3 Å². The van der Waals surface area contributed by atoms with E-state index in [1.807, 2.05) is 12.2 Å². The summed E-state index contributed by atoms with van der Waals surface area (Å²) < 4.78 is 5.23. The largest absolute Gasteiger partial charge is 0.494 e. The summed E-state index contributed by atoms with van der Waals surface area (Å²) >= 11 is 5.48. The second-order valence-corrected chi connectivity index (χ2v) is 2.50. The molecule has 0 bridgehead atoms. The molecule has 10 heavy (non-hydrogen) atoms. The monoisotopic (exact) mass is 158 g/mol. The molecule has 0 aromatic carbocycles. The molecule has 0 unspecified atom stereocenters. The summed E-state index contributed by atoms with van der Waals surface area (Å²) in [6, 6.07) is 0. The van der Waals surface area contributed by atoms with Crippen molar-refractivity contribution in [1.29, 1.82) is 0 Å². The number of hydrogen-bond donors (Lipinski definition) is 0. The van der Waals surface area contributed by atoms with E-state index in [4.69, 9.17) is 16.3 Å². The third-order valence-electron chi connectivity index (χ3n) is 1.29. The Bertz CT molecular complexity index is 149. The summed E-state index contributed by atoms with van der Waals surface area (Å²) in [6.07, 6.45) is 8.06. The molecule has 0 N–H and O–H groups in total. The van der Waals surface area contributed by atoms with Crippen molar-refractivity contribution in [2.24, 2.45) is 0 Å². The number of allylic oxidation sites excluding steroid dienone is 2. The van der Waals surface area contributed by atoms with E-state index in [1.165, 1.54) is 0 Å². The van der Waals surface area contributed by atoms with E-state index in [0.717, 1.165) is 25.2 Å². The fraction of sp³-hybridized carbons (Fsp3) is 0.500. The molecule has 0 saturated carbocycles. The first-order valence-corrected chi connectivity index (χ1v) is 4.02. The molecule has 0 aromatic heterocycles. The highest BCUT2D eigenvalue weighted by molar-refractivity contribution is 6.17. The molecule has 0 aliphatic carbocycles. The average molecular weight is 159 g/mol. The second-order valence-electron chi connectivity index (χ2n) is 2.12. The number of ether oxygens (including phenoxy) is 1. The van der Waals surface area contributed by atoms with Crippen LogP contribution in [0.1, 0.15) is 12.8 Å². The Hall–Kier alpha value is -0.430. The highest BCUT2D eigenvalue weighted by Crippen LogP contribution is 2.10. The minimum absolute atomic E-state index is 0.684. The first-order chi connectivity index (χ1) is 4.93. The Kier molecular flexibility index (Phi) is 3.37. The predicted molar refractivity (Wildman–Crippen MR) is 43.1 cm³/mol. The Balaban J connectivity index is 2.23. The summed E-state index contributed by atoms with van der Waals surface area (Å²) in [7, 11) is 0. The standard InChI is InChI=1S/C8H11ClO/c9-6-2-1-4-8-5-3-7-10-8/h1,4-5H,2-3,6-7H2/b4-1+. The minimum atomic E-state index is 0.684. The van der Waals surface area contributed by atoms with E-state index in [1.54, 1.807) is 0 Å². The predicted octanol–water partition coefficient (Wildman–Crippen LogP) is 2.48. The van der Waals surface area contributed by atoms with Crippen LogP contribution < -0.4 is 0 Å². The Morgan fingerprint density at radius 2 is 2.60 bits per heavy atom. The molecule has 1 nitrogen and oxygen atoms in total. The normalized spacial score (nSPS) is 17.5. The fourth-order valence-electron chi connectivity index (χ4n) is 0.816. The van der Waals surface area contributed by atoms with Crippen LogP contribution in [0, 0.1) is 0 Å². The molecule has 1 aliphatic heterocycles. The molecule has 0 aromatic rings. The Morgan fingerprint density at radius 1 is 1.70 bits per heavy atom.